The summed E-state index contributed by atoms with van der Waals surface area (Å²) in [4.78, 5) is 11.8. The van der Waals surface area contributed by atoms with E-state index in [-0.39, 0.29) is 16.6 Å². The summed E-state index contributed by atoms with van der Waals surface area (Å²) < 4.78 is 5.82. The highest BCUT2D eigenvalue weighted by atomic mass is 35.5. The van der Waals surface area contributed by atoms with E-state index in [2.05, 4.69) is 28.8 Å². The molecule has 1 atom stereocenters. The zero-order chi connectivity index (χ0) is 21.2. The Bertz CT molecular complexity index is 497. The average Bonchev–Trinajstić information content (AvgIpc) is 2.69. The molecule has 0 fully saturated rings. The lowest BCUT2D eigenvalue weighted by atomic mass is 9.94. The maximum Gasteiger partial charge on any atom is 0.322 e. The fourth-order valence-corrected chi connectivity index (χ4v) is 4.01. The van der Waals surface area contributed by atoms with E-state index in [0.29, 0.717) is 12.5 Å². The molecule has 0 aliphatic carbocycles. The summed E-state index contributed by atoms with van der Waals surface area (Å²) in [5.74, 6) is 0.538. The van der Waals surface area contributed by atoms with Gasteiger partial charge in [-0.2, -0.15) is 15.0 Å². The zero-order valence-electron chi connectivity index (χ0n) is 18.6. The molecule has 0 aliphatic rings. The number of aromatic nitrogens is 3. The molecule has 0 bridgehead atoms. The molecule has 0 saturated heterocycles. The van der Waals surface area contributed by atoms with Crippen LogP contribution in [0.2, 0.25) is 10.6 Å². The van der Waals surface area contributed by atoms with Gasteiger partial charge in [0.2, 0.25) is 10.6 Å². The van der Waals surface area contributed by atoms with E-state index in [1.807, 2.05) is 0 Å². The Morgan fingerprint density at radius 1 is 0.621 bits per heavy atom. The normalized spacial score (nSPS) is 12.3. The summed E-state index contributed by atoms with van der Waals surface area (Å²) in [5, 5.41) is 0.158. The smallest absolute Gasteiger partial charge is 0.322 e. The minimum Gasteiger partial charge on any atom is -0.463 e. The molecule has 0 aliphatic heterocycles. The van der Waals surface area contributed by atoms with Crippen LogP contribution in [0.4, 0.5) is 0 Å². The molecule has 168 valence electrons. The fraction of sp³-hybridized carbons (Fsp3) is 0.870. The molecule has 0 N–H and O–H groups in total. The van der Waals surface area contributed by atoms with Crippen molar-refractivity contribution in [1.82, 2.24) is 15.0 Å². The molecular weight excluding hydrogens is 405 g/mol. The maximum atomic E-state index is 5.85. The van der Waals surface area contributed by atoms with Gasteiger partial charge in [0.05, 0.1) is 6.61 Å². The molecule has 6 heteroatoms. The highest BCUT2D eigenvalue weighted by Crippen LogP contribution is 2.21. The first-order valence-corrected chi connectivity index (χ1v) is 12.6. The monoisotopic (exact) mass is 445 g/mol. The van der Waals surface area contributed by atoms with Gasteiger partial charge in [0, 0.05) is 0 Å². The van der Waals surface area contributed by atoms with Gasteiger partial charge >= 0.3 is 6.01 Å². The van der Waals surface area contributed by atoms with Crippen molar-refractivity contribution in [3.05, 3.63) is 10.6 Å². The number of rotatable bonds is 19. The first kappa shape index (κ1) is 26.4. The number of hydrogen-bond donors (Lipinski definition) is 0. The highest BCUT2D eigenvalue weighted by molar-refractivity contribution is 6.31. The molecule has 1 aromatic rings. The van der Waals surface area contributed by atoms with Crippen molar-refractivity contribution in [3.63, 3.8) is 0 Å². The summed E-state index contributed by atoms with van der Waals surface area (Å²) in [7, 11) is 0. The standard InChI is InChI=1S/C23H41Cl2N3O/c1-3-5-7-9-11-12-14-16-18-20(17-15-13-10-8-6-4-2)19-29-23-27-21(24)26-22(25)28-23/h20H,3-19H2,1-2H3. The third-order valence-corrected chi connectivity index (χ3v) is 5.78. The summed E-state index contributed by atoms with van der Waals surface area (Å²) in [6, 6.07) is 0.235. The van der Waals surface area contributed by atoms with Crippen molar-refractivity contribution in [1.29, 1.82) is 0 Å². The van der Waals surface area contributed by atoms with Gasteiger partial charge in [-0.1, -0.05) is 104 Å². The lowest BCUT2D eigenvalue weighted by Crippen LogP contribution is -2.14. The minimum absolute atomic E-state index is 0.0792. The fourth-order valence-electron chi connectivity index (χ4n) is 3.66. The lowest BCUT2D eigenvalue weighted by molar-refractivity contribution is 0.209. The second-order valence-electron chi connectivity index (χ2n) is 8.15. The van der Waals surface area contributed by atoms with E-state index in [1.165, 1.54) is 103 Å². The number of nitrogens with zero attached hydrogens (tertiary/aromatic N) is 3. The van der Waals surface area contributed by atoms with E-state index in [4.69, 9.17) is 27.9 Å². The third kappa shape index (κ3) is 14.9. The second kappa shape index (κ2) is 18.2. The molecule has 0 radical (unpaired) electrons. The molecule has 0 aromatic carbocycles. The quantitative estimate of drug-likeness (QED) is 0.200. The molecule has 4 nitrogen and oxygen atoms in total. The Hall–Kier alpha value is -0.610. The number of ether oxygens (including phenoxy) is 1. The van der Waals surface area contributed by atoms with Crippen molar-refractivity contribution in [3.8, 4) is 6.01 Å². The van der Waals surface area contributed by atoms with Crippen LogP contribution < -0.4 is 4.74 Å². The number of halogens is 2. The Balaban J connectivity index is 2.31. The van der Waals surface area contributed by atoms with Gasteiger partial charge in [-0.25, -0.2) is 0 Å². The van der Waals surface area contributed by atoms with Gasteiger partial charge in [0.1, 0.15) is 0 Å². The Morgan fingerprint density at radius 3 is 1.48 bits per heavy atom. The predicted molar refractivity (Wildman–Crippen MR) is 124 cm³/mol. The summed E-state index contributed by atoms with van der Waals surface area (Å²) in [5.41, 5.74) is 0. The topological polar surface area (TPSA) is 47.9 Å². The summed E-state index contributed by atoms with van der Waals surface area (Å²) >= 11 is 11.7. The van der Waals surface area contributed by atoms with Gasteiger partial charge in [0.15, 0.2) is 0 Å². The van der Waals surface area contributed by atoms with E-state index in [1.54, 1.807) is 0 Å². The molecule has 1 rings (SSSR count). The first-order chi connectivity index (χ1) is 14.2. The molecule has 1 aromatic heterocycles. The van der Waals surface area contributed by atoms with Crippen LogP contribution in [0.25, 0.3) is 0 Å². The van der Waals surface area contributed by atoms with Crippen LogP contribution in [0, 0.1) is 5.92 Å². The predicted octanol–water partition coefficient (Wildman–Crippen LogP) is 8.45. The van der Waals surface area contributed by atoms with Gasteiger partial charge in [-0.05, 0) is 42.0 Å². The molecular formula is C23H41Cl2N3O. The van der Waals surface area contributed by atoms with Crippen LogP contribution in [-0.2, 0) is 0 Å². The zero-order valence-corrected chi connectivity index (χ0v) is 20.1. The lowest BCUT2D eigenvalue weighted by Gasteiger charge is -2.17. The summed E-state index contributed by atoms with van der Waals surface area (Å²) in [6.07, 6.45) is 21.2. The van der Waals surface area contributed by atoms with Crippen molar-refractivity contribution >= 4 is 23.2 Å². The highest BCUT2D eigenvalue weighted by Gasteiger charge is 2.12. The van der Waals surface area contributed by atoms with E-state index >= 15 is 0 Å². The van der Waals surface area contributed by atoms with Gasteiger partial charge in [-0.15, -0.1) is 0 Å². The Morgan fingerprint density at radius 2 is 1.03 bits per heavy atom. The third-order valence-electron chi connectivity index (χ3n) is 5.44. The molecule has 0 spiro atoms. The minimum atomic E-state index is 0.0792. The van der Waals surface area contributed by atoms with E-state index in [9.17, 15) is 0 Å². The Kier molecular flexibility index (Phi) is 16.6. The van der Waals surface area contributed by atoms with Crippen molar-refractivity contribution in [2.75, 3.05) is 6.61 Å². The van der Waals surface area contributed by atoms with Crippen LogP contribution in [0.5, 0.6) is 6.01 Å². The molecule has 1 unspecified atom stereocenters. The first-order valence-electron chi connectivity index (χ1n) is 11.9. The summed E-state index contributed by atoms with van der Waals surface area (Å²) in [6.45, 7) is 5.16. The number of hydrogen-bond acceptors (Lipinski definition) is 4. The SMILES string of the molecule is CCCCCCCCCCC(CCCCCCCC)COc1nc(Cl)nc(Cl)n1. The largest absolute Gasteiger partial charge is 0.463 e. The maximum absolute atomic E-state index is 5.85. The molecule has 0 saturated carbocycles. The average molecular weight is 447 g/mol. The van der Waals surface area contributed by atoms with Gasteiger partial charge in [-0.3, -0.25) is 0 Å². The van der Waals surface area contributed by atoms with E-state index in [0.717, 1.165) is 0 Å². The van der Waals surface area contributed by atoms with Gasteiger partial charge < -0.3 is 4.74 Å². The second-order valence-corrected chi connectivity index (χ2v) is 8.83. The van der Waals surface area contributed by atoms with Crippen LogP contribution in [0.1, 0.15) is 117 Å². The van der Waals surface area contributed by atoms with Crippen molar-refractivity contribution < 1.29 is 4.74 Å². The van der Waals surface area contributed by atoms with Crippen LogP contribution >= 0.6 is 23.2 Å². The van der Waals surface area contributed by atoms with E-state index < -0.39 is 0 Å². The molecule has 29 heavy (non-hydrogen) atoms. The van der Waals surface area contributed by atoms with Crippen molar-refractivity contribution in [2.24, 2.45) is 5.92 Å². The number of unbranched alkanes of at least 4 members (excludes halogenated alkanes) is 12. The van der Waals surface area contributed by atoms with Crippen LogP contribution in [-0.4, -0.2) is 21.6 Å². The molecule has 0 amide bonds. The molecule has 1 heterocycles. The van der Waals surface area contributed by atoms with Crippen LogP contribution in [0.15, 0.2) is 0 Å². The Labute approximate surface area is 188 Å². The van der Waals surface area contributed by atoms with Gasteiger partial charge in [0.25, 0.3) is 0 Å². The van der Waals surface area contributed by atoms with Crippen molar-refractivity contribution in [2.45, 2.75) is 117 Å². The van der Waals surface area contributed by atoms with Crippen LogP contribution in [0.3, 0.4) is 0 Å².